The maximum absolute atomic E-state index is 10.3. The van der Waals surface area contributed by atoms with Gasteiger partial charge in [-0.25, -0.2) is 0 Å². The van der Waals surface area contributed by atoms with E-state index >= 15 is 0 Å². The van der Waals surface area contributed by atoms with Crippen LogP contribution in [0.1, 0.15) is 31.9 Å². The van der Waals surface area contributed by atoms with Gasteiger partial charge in [0.05, 0.1) is 0 Å². The summed E-state index contributed by atoms with van der Waals surface area (Å²) < 4.78 is 5.01. The molecule has 1 aromatic carbocycles. The Kier molecular flexibility index (Phi) is 3.28. The molecule has 2 heteroatoms. The van der Waals surface area contributed by atoms with E-state index in [-0.39, 0.29) is 0 Å². The first-order valence-corrected chi connectivity index (χ1v) is 4.81. The second kappa shape index (κ2) is 4.27. The number of carbonyl (C=O) groups is 1. The van der Waals surface area contributed by atoms with Crippen LogP contribution >= 0.6 is 0 Å². The molecule has 0 aliphatic rings. The minimum atomic E-state index is -0.534. The summed E-state index contributed by atoms with van der Waals surface area (Å²) in [5.74, 6) is 0. The van der Waals surface area contributed by atoms with E-state index in [9.17, 15) is 4.79 Å². The number of carbonyl (C=O) groups excluding carboxylic acids is 1. The normalized spacial score (nSPS) is 11.1. The Morgan fingerprint density at radius 1 is 1.29 bits per heavy atom. The van der Waals surface area contributed by atoms with E-state index in [2.05, 4.69) is 19.1 Å². The summed E-state index contributed by atoms with van der Waals surface area (Å²) in [5, 5.41) is 0. The third-order valence-corrected chi connectivity index (χ3v) is 2.40. The van der Waals surface area contributed by atoms with Gasteiger partial charge in [0.25, 0.3) is 6.47 Å². The Hall–Kier alpha value is -1.31. The van der Waals surface area contributed by atoms with Gasteiger partial charge in [-0.05, 0) is 31.4 Å². The molecule has 0 atom stereocenters. The molecule has 0 aliphatic carbocycles. The van der Waals surface area contributed by atoms with Crippen molar-refractivity contribution in [2.75, 3.05) is 0 Å². The smallest absolute Gasteiger partial charge is 0.293 e. The number of benzene rings is 1. The standard InChI is InChI=1S/C12H16O2/c1-4-10-5-7-11(8-6-10)12(2,3)14-9-13/h5-9H,4H2,1-3H3. The zero-order valence-electron chi connectivity index (χ0n) is 8.91. The quantitative estimate of drug-likeness (QED) is 0.685. The van der Waals surface area contributed by atoms with Crippen molar-refractivity contribution < 1.29 is 9.53 Å². The average molecular weight is 192 g/mol. The molecule has 1 aromatic rings. The molecule has 0 bridgehead atoms. The SMILES string of the molecule is CCc1ccc(C(C)(C)OC=O)cc1. The molecule has 0 aliphatic heterocycles. The lowest BCUT2D eigenvalue weighted by atomic mass is 9.96. The van der Waals surface area contributed by atoms with Crippen molar-refractivity contribution in [3.8, 4) is 0 Å². The van der Waals surface area contributed by atoms with Gasteiger partial charge in [-0.3, -0.25) is 4.79 Å². The molecule has 0 fully saturated rings. The highest BCUT2D eigenvalue weighted by Crippen LogP contribution is 2.23. The minimum absolute atomic E-state index is 0.494. The van der Waals surface area contributed by atoms with E-state index in [0.717, 1.165) is 12.0 Å². The van der Waals surface area contributed by atoms with Gasteiger partial charge in [-0.2, -0.15) is 0 Å². The van der Waals surface area contributed by atoms with Gasteiger partial charge in [-0.1, -0.05) is 31.2 Å². The summed E-state index contributed by atoms with van der Waals surface area (Å²) in [5.41, 5.74) is 1.77. The molecular formula is C12H16O2. The van der Waals surface area contributed by atoms with Crippen molar-refractivity contribution in [3.63, 3.8) is 0 Å². The lowest BCUT2D eigenvalue weighted by Gasteiger charge is -2.23. The molecule has 0 N–H and O–H groups in total. The molecule has 0 radical (unpaired) electrons. The molecule has 14 heavy (non-hydrogen) atoms. The van der Waals surface area contributed by atoms with Crippen LogP contribution < -0.4 is 0 Å². The molecule has 2 nitrogen and oxygen atoms in total. The molecule has 76 valence electrons. The lowest BCUT2D eigenvalue weighted by molar-refractivity contribution is -0.141. The van der Waals surface area contributed by atoms with Crippen LogP contribution in [-0.4, -0.2) is 6.47 Å². The highest BCUT2D eigenvalue weighted by Gasteiger charge is 2.20. The minimum Gasteiger partial charge on any atom is -0.457 e. The maximum atomic E-state index is 10.3. The summed E-state index contributed by atoms with van der Waals surface area (Å²) in [7, 11) is 0. The fourth-order valence-electron chi connectivity index (χ4n) is 1.33. The first-order chi connectivity index (χ1) is 6.60. The van der Waals surface area contributed by atoms with Crippen LogP contribution in [0.15, 0.2) is 24.3 Å². The Morgan fingerprint density at radius 3 is 2.29 bits per heavy atom. The number of hydrogen-bond donors (Lipinski definition) is 0. The summed E-state index contributed by atoms with van der Waals surface area (Å²) in [6, 6.07) is 8.13. The van der Waals surface area contributed by atoms with Crippen molar-refractivity contribution in [1.29, 1.82) is 0 Å². The van der Waals surface area contributed by atoms with Crippen LogP contribution in [0.25, 0.3) is 0 Å². The number of hydrogen-bond acceptors (Lipinski definition) is 2. The molecule has 0 amide bonds. The molecule has 0 aromatic heterocycles. The molecule has 1 rings (SSSR count). The summed E-state index contributed by atoms with van der Waals surface area (Å²) >= 11 is 0. The van der Waals surface area contributed by atoms with Crippen LogP contribution in [0, 0.1) is 0 Å². The Labute approximate surface area is 84.9 Å². The highest BCUT2D eigenvalue weighted by molar-refractivity contribution is 5.40. The van der Waals surface area contributed by atoms with Crippen LogP contribution in [-0.2, 0) is 21.6 Å². The van der Waals surface area contributed by atoms with Crippen molar-refractivity contribution in [3.05, 3.63) is 35.4 Å². The zero-order chi connectivity index (χ0) is 10.6. The fraction of sp³-hybridized carbons (Fsp3) is 0.417. The van der Waals surface area contributed by atoms with Gasteiger partial charge in [-0.15, -0.1) is 0 Å². The van der Waals surface area contributed by atoms with E-state index in [1.165, 1.54) is 5.56 Å². The Bertz CT molecular complexity index is 299. The van der Waals surface area contributed by atoms with E-state index in [4.69, 9.17) is 4.74 Å². The second-order valence-electron chi connectivity index (χ2n) is 3.77. The Morgan fingerprint density at radius 2 is 1.86 bits per heavy atom. The first kappa shape index (κ1) is 10.8. The van der Waals surface area contributed by atoms with Crippen LogP contribution in [0.2, 0.25) is 0 Å². The maximum Gasteiger partial charge on any atom is 0.293 e. The van der Waals surface area contributed by atoms with Crippen LogP contribution in [0.3, 0.4) is 0 Å². The van der Waals surface area contributed by atoms with E-state index in [1.807, 2.05) is 26.0 Å². The fourth-order valence-corrected chi connectivity index (χ4v) is 1.33. The van der Waals surface area contributed by atoms with Crippen molar-refractivity contribution in [2.45, 2.75) is 32.8 Å². The molecule has 0 saturated carbocycles. The monoisotopic (exact) mass is 192 g/mol. The number of aryl methyl sites for hydroxylation is 1. The van der Waals surface area contributed by atoms with E-state index in [1.54, 1.807) is 0 Å². The van der Waals surface area contributed by atoms with Gasteiger partial charge in [0.2, 0.25) is 0 Å². The van der Waals surface area contributed by atoms with Crippen LogP contribution in [0.4, 0.5) is 0 Å². The topological polar surface area (TPSA) is 26.3 Å². The predicted molar refractivity (Wildman–Crippen MR) is 56.0 cm³/mol. The molecule has 0 unspecified atom stereocenters. The highest BCUT2D eigenvalue weighted by atomic mass is 16.5. The molecular weight excluding hydrogens is 176 g/mol. The summed E-state index contributed by atoms with van der Waals surface area (Å²) in [6.45, 7) is 6.36. The van der Waals surface area contributed by atoms with Crippen molar-refractivity contribution >= 4 is 6.47 Å². The van der Waals surface area contributed by atoms with Gasteiger partial charge < -0.3 is 4.74 Å². The van der Waals surface area contributed by atoms with E-state index < -0.39 is 5.60 Å². The van der Waals surface area contributed by atoms with Crippen LogP contribution in [0.5, 0.6) is 0 Å². The lowest BCUT2D eigenvalue weighted by Crippen LogP contribution is -2.20. The number of rotatable bonds is 4. The van der Waals surface area contributed by atoms with Gasteiger partial charge in [0.1, 0.15) is 5.60 Å². The van der Waals surface area contributed by atoms with Gasteiger partial charge in [0, 0.05) is 0 Å². The average Bonchev–Trinajstić information content (AvgIpc) is 2.18. The van der Waals surface area contributed by atoms with E-state index in [0.29, 0.717) is 6.47 Å². The third-order valence-electron chi connectivity index (χ3n) is 2.40. The second-order valence-corrected chi connectivity index (χ2v) is 3.77. The van der Waals surface area contributed by atoms with Crippen molar-refractivity contribution in [2.24, 2.45) is 0 Å². The molecule has 0 heterocycles. The summed E-state index contributed by atoms with van der Waals surface area (Å²) in [4.78, 5) is 10.3. The Balaban J connectivity index is 2.90. The first-order valence-electron chi connectivity index (χ1n) is 4.81. The van der Waals surface area contributed by atoms with Gasteiger partial charge in [0.15, 0.2) is 0 Å². The van der Waals surface area contributed by atoms with Gasteiger partial charge >= 0.3 is 0 Å². The predicted octanol–water partition coefficient (Wildman–Crippen LogP) is 2.66. The zero-order valence-corrected chi connectivity index (χ0v) is 8.91. The third kappa shape index (κ3) is 2.34. The molecule has 0 spiro atoms. The largest absolute Gasteiger partial charge is 0.457 e. The van der Waals surface area contributed by atoms with Crippen molar-refractivity contribution in [1.82, 2.24) is 0 Å². The molecule has 0 saturated heterocycles. The summed E-state index contributed by atoms with van der Waals surface area (Å²) in [6.07, 6.45) is 1.02. The number of ether oxygens (including phenoxy) is 1.